The standard InChI is InChI=1S/C21H25ClN2OS5/c1-27-20(28-2)13-21(29-3,30-4)25-18-10-9-16(11-17(18)20)24-19(26)23-12-14-5-7-15(22)8-6-14/h5-11H,12-13H2,1-4H3,(H2,23,24,26). The van der Waals surface area contributed by atoms with Crippen LogP contribution >= 0.6 is 70.9 Å². The molecule has 0 amide bonds. The van der Waals surface area contributed by atoms with Crippen molar-refractivity contribution in [1.29, 1.82) is 0 Å². The molecule has 0 atom stereocenters. The topological polar surface area (TPSA) is 33.3 Å². The van der Waals surface area contributed by atoms with Gasteiger partial charge in [-0.15, -0.1) is 47.0 Å². The molecule has 0 bridgehead atoms. The first kappa shape index (κ1) is 24.3. The Hall–Kier alpha value is -0.380. The summed E-state index contributed by atoms with van der Waals surface area (Å²) < 4.78 is 6.12. The normalized spacial score (nSPS) is 16.3. The summed E-state index contributed by atoms with van der Waals surface area (Å²) in [5.74, 6) is 0.944. The summed E-state index contributed by atoms with van der Waals surface area (Å²) in [6.45, 7) is 0.639. The van der Waals surface area contributed by atoms with Gasteiger partial charge >= 0.3 is 0 Å². The van der Waals surface area contributed by atoms with Crippen LogP contribution in [0.3, 0.4) is 0 Å². The number of nitrogens with one attached hydrogen (secondary N) is 2. The van der Waals surface area contributed by atoms with Crippen LogP contribution in [-0.4, -0.2) is 34.4 Å². The van der Waals surface area contributed by atoms with Gasteiger partial charge in [0.25, 0.3) is 0 Å². The van der Waals surface area contributed by atoms with Gasteiger partial charge in [0.15, 0.2) is 5.11 Å². The van der Waals surface area contributed by atoms with Gasteiger partial charge in [0, 0.05) is 29.2 Å². The van der Waals surface area contributed by atoms with Crippen LogP contribution in [0.2, 0.25) is 5.02 Å². The Bertz CT molecular complexity index is 885. The van der Waals surface area contributed by atoms with Gasteiger partial charge in [0.05, 0.1) is 4.08 Å². The summed E-state index contributed by atoms with van der Waals surface area (Å²) in [7, 11) is 0. The van der Waals surface area contributed by atoms with Crippen molar-refractivity contribution in [3.8, 4) is 5.75 Å². The number of halogens is 1. The average molecular weight is 517 g/mol. The lowest BCUT2D eigenvalue weighted by Gasteiger charge is -2.45. The van der Waals surface area contributed by atoms with Crippen molar-refractivity contribution in [2.75, 3.05) is 30.3 Å². The van der Waals surface area contributed by atoms with E-state index < -0.39 is 0 Å². The van der Waals surface area contributed by atoms with Gasteiger partial charge in [-0.1, -0.05) is 23.7 Å². The van der Waals surface area contributed by atoms with Gasteiger partial charge in [-0.25, -0.2) is 0 Å². The smallest absolute Gasteiger partial charge is 0.203 e. The molecule has 30 heavy (non-hydrogen) atoms. The van der Waals surface area contributed by atoms with Gasteiger partial charge in [-0.3, -0.25) is 0 Å². The van der Waals surface area contributed by atoms with E-state index >= 15 is 0 Å². The largest absolute Gasteiger partial charge is 0.467 e. The minimum atomic E-state index is -0.274. The highest BCUT2D eigenvalue weighted by atomic mass is 35.5. The SMILES string of the molecule is CSC1(SC)CC(SC)(SC)c2cc(NC(=S)NCc3ccc(Cl)cc3)ccc2O1. The summed E-state index contributed by atoms with van der Waals surface area (Å²) in [4.78, 5) is 0. The van der Waals surface area contributed by atoms with Crippen molar-refractivity contribution in [3.05, 3.63) is 58.6 Å². The molecule has 3 nitrogen and oxygen atoms in total. The Morgan fingerprint density at radius 2 is 1.70 bits per heavy atom. The van der Waals surface area contributed by atoms with E-state index in [1.54, 1.807) is 23.5 Å². The van der Waals surface area contributed by atoms with E-state index in [0.717, 1.165) is 28.4 Å². The van der Waals surface area contributed by atoms with Crippen LogP contribution in [0.25, 0.3) is 0 Å². The first-order valence-electron chi connectivity index (χ1n) is 9.22. The lowest BCUT2D eigenvalue weighted by molar-refractivity contribution is 0.219. The van der Waals surface area contributed by atoms with Gasteiger partial charge in [-0.05, 0) is 73.1 Å². The zero-order chi connectivity index (χ0) is 21.8. The number of benzene rings is 2. The van der Waals surface area contributed by atoms with Crippen LogP contribution < -0.4 is 15.4 Å². The minimum absolute atomic E-state index is 0.0738. The molecule has 1 aliphatic heterocycles. The summed E-state index contributed by atoms with van der Waals surface area (Å²) in [5.41, 5.74) is 3.28. The molecule has 2 aromatic carbocycles. The number of rotatable bonds is 7. The molecule has 0 aromatic heterocycles. The fraction of sp³-hybridized carbons (Fsp3) is 0.381. The number of ether oxygens (including phenoxy) is 1. The molecule has 0 unspecified atom stereocenters. The molecule has 1 heterocycles. The molecule has 2 N–H and O–H groups in total. The first-order valence-corrected chi connectivity index (χ1v) is 14.9. The van der Waals surface area contributed by atoms with E-state index in [1.807, 2.05) is 53.9 Å². The molecule has 0 fully saturated rings. The van der Waals surface area contributed by atoms with E-state index in [0.29, 0.717) is 11.7 Å². The second-order valence-electron chi connectivity index (χ2n) is 6.68. The fourth-order valence-electron chi connectivity index (χ4n) is 3.30. The van der Waals surface area contributed by atoms with Crippen LogP contribution in [0.15, 0.2) is 42.5 Å². The third-order valence-electron chi connectivity index (χ3n) is 5.01. The Morgan fingerprint density at radius 1 is 1.03 bits per heavy atom. The maximum Gasteiger partial charge on any atom is 0.203 e. The van der Waals surface area contributed by atoms with E-state index in [-0.39, 0.29) is 8.34 Å². The van der Waals surface area contributed by atoms with Crippen LogP contribution in [0.5, 0.6) is 5.75 Å². The zero-order valence-corrected chi connectivity index (χ0v) is 22.1. The predicted octanol–water partition coefficient (Wildman–Crippen LogP) is 6.87. The van der Waals surface area contributed by atoms with Crippen LogP contribution in [0.4, 0.5) is 5.69 Å². The van der Waals surface area contributed by atoms with E-state index in [2.05, 4.69) is 47.8 Å². The van der Waals surface area contributed by atoms with Crippen molar-refractivity contribution in [3.63, 3.8) is 0 Å². The van der Waals surface area contributed by atoms with Crippen molar-refractivity contribution in [2.45, 2.75) is 21.3 Å². The Labute approximate surface area is 206 Å². The second kappa shape index (κ2) is 10.5. The molecule has 9 heteroatoms. The molecular formula is C21H25ClN2OS5. The molecule has 3 rings (SSSR count). The lowest BCUT2D eigenvalue weighted by atomic mass is 10.0. The van der Waals surface area contributed by atoms with Gasteiger partial charge in [0.1, 0.15) is 5.75 Å². The minimum Gasteiger partial charge on any atom is -0.467 e. The molecule has 2 aromatic rings. The quantitative estimate of drug-likeness (QED) is 0.305. The van der Waals surface area contributed by atoms with Crippen LogP contribution in [-0.2, 0) is 10.6 Å². The highest BCUT2D eigenvalue weighted by Gasteiger charge is 2.49. The maximum atomic E-state index is 6.46. The fourth-order valence-corrected chi connectivity index (χ4v) is 7.83. The second-order valence-corrected chi connectivity index (χ2v) is 12.4. The summed E-state index contributed by atoms with van der Waals surface area (Å²) in [5, 5.41) is 7.89. The Morgan fingerprint density at radius 3 is 2.30 bits per heavy atom. The number of fused-ring (bicyclic) bond motifs is 1. The molecule has 0 spiro atoms. The summed E-state index contributed by atoms with van der Waals surface area (Å²) in [6.07, 6.45) is 9.51. The molecule has 0 saturated heterocycles. The highest BCUT2D eigenvalue weighted by Crippen LogP contribution is 2.61. The van der Waals surface area contributed by atoms with Crippen LogP contribution in [0.1, 0.15) is 17.5 Å². The Balaban J connectivity index is 1.77. The third kappa shape index (κ3) is 5.33. The number of hydrogen-bond donors (Lipinski definition) is 2. The lowest BCUT2D eigenvalue weighted by Crippen LogP contribution is -2.40. The summed E-state index contributed by atoms with van der Waals surface area (Å²) in [6, 6.07) is 14.0. The van der Waals surface area contributed by atoms with Crippen molar-refractivity contribution in [1.82, 2.24) is 5.32 Å². The van der Waals surface area contributed by atoms with Crippen molar-refractivity contribution in [2.24, 2.45) is 0 Å². The first-order chi connectivity index (χ1) is 14.4. The van der Waals surface area contributed by atoms with E-state index in [1.165, 1.54) is 5.56 Å². The molecule has 162 valence electrons. The van der Waals surface area contributed by atoms with Crippen LogP contribution in [0, 0.1) is 0 Å². The van der Waals surface area contributed by atoms with Gasteiger partial charge < -0.3 is 15.4 Å². The van der Waals surface area contributed by atoms with Crippen molar-refractivity contribution >= 4 is 81.7 Å². The van der Waals surface area contributed by atoms with Gasteiger partial charge in [0.2, 0.25) is 4.27 Å². The van der Waals surface area contributed by atoms with E-state index in [9.17, 15) is 0 Å². The van der Waals surface area contributed by atoms with Crippen molar-refractivity contribution < 1.29 is 4.74 Å². The number of anilines is 1. The predicted molar refractivity (Wildman–Crippen MR) is 145 cm³/mol. The average Bonchev–Trinajstić information content (AvgIpc) is 2.78. The number of thiocarbonyl (C=S) groups is 1. The molecule has 0 radical (unpaired) electrons. The van der Waals surface area contributed by atoms with E-state index in [4.69, 9.17) is 28.6 Å². The molecular weight excluding hydrogens is 492 g/mol. The Kier molecular flexibility index (Phi) is 8.49. The summed E-state index contributed by atoms with van der Waals surface area (Å²) >= 11 is 18.7. The third-order valence-corrected chi connectivity index (χ3v) is 11.3. The maximum absolute atomic E-state index is 6.46. The monoisotopic (exact) mass is 516 g/mol. The zero-order valence-electron chi connectivity index (χ0n) is 17.3. The highest BCUT2D eigenvalue weighted by molar-refractivity contribution is 8.18. The molecule has 0 aliphatic carbocycles. The number of hydrogen-bond acceptors (Lipinski definition) is 6. The number of thioether (sulfide) groups is 4. The molecule has 1 aliphatic rings. The van der Waals surface area contributed by atoms with Gasteiger partial charge in [-0.2, -0.15) is 0 Å². The molecule has 0 saturated carbocycles.